The fraction of sp³-hybridized carbons (Fsp3) is 0. The van der Waals surface area contributed by atoms with Gasteiger partial charge in [-0.15, -0.1) is 0 Å². The van der Waals surface area contributed by atoms with Gasteiger partial charge >= 0.3 is 0 Å². The summed E-state index contributed by atoms with van der Waals surface area (Å²) >= 11 is 0. The Bertz CT molecular complexity index is 4100. The highest BCUT2D eigenvalue weighted by Gasteiger charge is 2.18. The van der Waals surface area contributed by atoms with E-state index in [1.807, 2.05) is 42.5 Å². The highest BCUT2D eigenvalue weighted by molar-refractivity contribution is 6.22. The molecule has 0 nitrogen and oxygen atoms in total. The van der Waals surface area contributed by atoms with Gasteiger partial charge in [-0.2, -0.15) is 0 Å². The molecule has 0 bridgehead atoms. The van der Waals surface area contributed by atoms with E-state index < -0.39 is 181 Å². The van der Waals surface area contributed by atoms with Crippen LogP contribution < -0.4 is 0 Å². The summed E-state index contributed by atoms with van der Waals surface area (Å²) in [5.41, 5.74) is -0.807. The van der Waals surface area contributed by atoms with Gasteiger partial charge in [0.1, 0.15) is 0 Å². The first-order chi connectivity index (χ1) is 33.6. The zero-order chi connectivity index (χ0) is 51.3. The highest BCUT2D eigenvalue weighted by atomic mass is 14.2. The maximum atomic E-state index is 10.2. The van der Waals surface area contributed by atoms with Gasteiger partial charge in [-0.05, 0) is 116 Å². The minimum absolute atomic E-state index is 0.131. The summed E-state index contributed by atoms with van der Waals surface area (Å²) in [7, 11) is 0. The Morgan fingerprint density at radius 1 is 0.280 bits per heavy atom. The van der Waals surface area contributed by atoms with Crippen LogP contribution in [0.3, 0.4) is 0 Å². The molecule has 0 spiro atoms. The molecule has 0 atom stereocenters. The molecule has 0 N–H and O–H groups in total. The zero-order valence-corrected chi connectivity index (χ0v) is 25.9. The predicted octanol–water partition coefficient (Wildman–Crippen LogP) is 14.1. The molecule has 0 saturated carbocycles. The topological polar surface area (TPSA) is 0 Å². The molecule has 0 amide bonds. The van der Waals surface area contributed by atoms with Gasteiger partial charge in [0, 0.05) is 0 Å². The summed E-state index contributed by atoms with van der Waals surface area (Å²) in [6.07, 6.45) is 0. The molecule has 10 aromatic carbocycles. The Kier molecular flexibility index (Phi) is 3.37. The van der Waals surface area contributed by atoms with Gasteiger partial charge in [0.2, 0.25) is 0 Å². The maximum absolute atomic E-state index is 10.2. The van der Waals surface area contributed by atoms with Crippen molar-refractivity contribution in [2.45, 2.75) is 0 Å². The Labute approximate surface area is 321 Å². The highest BCUT2D eigenvalue weighted by Crippen LogP contribution is 2.46. The standard InChI is InChI=1S/C50H32/c1-3-13-38-30-40(26-20-33(38)10-1)41-28-29-47-48(32-41)49(37-24-22-36(23-25-37)44-19-9-15-35-12-5-6-16-43(35)44)45-17-7-8-18-46(45)50(47)42-27-21-34-11-2-4-14-39(34)31-42/h1-32H/i1D,2D,3D,4D,7D,8D,10D,11D,13D,14D,17D,18D,20D,21D,26D,27D,28D,29D,30D,31D,32D. The van der Waals surface area contributed by atoms with Crippen LogP contribution in [0.15, 0.2) is 194 Å². The predicted molar refractivity (Wildman–Crippen MR) is 216 cm³/mol. The van der Waals surface area contributed by atoms with Crippen LogP contribution in [-0.4, -0.2) is 0 Å². The number of fused-ring (bicyclic) bond motifs is 5. The summed E-state index contributed by atoms with van der Waals surface area (Å²) < 4.78 is 191. The first kappa shape index (κ1) is 14.5. The molecular formula is C50H32. The molecule has 0 heterocycles. The molecule has 0 heteroatoms. The lowest BCUT2D eigenvalue weighted by molar-refractivity contribution is 1.63. The van der Waals surface area contributed by atoms with Crippen LogP contribution in [0.5, 0.6) is 0 Å². The van der Waals surface area contributed by atoms with Gasteiger partial charge < -0.3 is 0 Å². The van der Waals surface area contributed by atoms with Gasteiger partial charge in [-0.25, -0.2) is 0 Å². The molecule has 232 valence electrons. The second kappa shape index (κ2) is 11.6. The van der Waals surface area contributed by atoms with Crippen molar-refractivity contribution in [1.29, 1.82) is 0 Å². The normalized spacial score (nSPS) is 17.5. The van der Waals surface area contributed by atoms with Crippen LogP contribution in [0.2, 0.25) is 0 Å². The second-order valence-electron chi connectivity index (χ2n) is 11.6. The molecule has 50 heavy (non-hydrogen) atoms. The van der Waals surface area contributed by atoms with Crippen molar-refractivity contribution >= 4 is 53.9 Å². The number of benzene rings is 10. The number of hydrogen-bond acceptors (Lipinski definition) is 0. The maximum Gasteiger partial charge on any atom is 0.0636 e. The van der Waals surface area contributed by atoms with Crippen LogP contribution in [0, 0.1) is 0 Å². The Balaban J connectivity index is 1.47. The average molecular weight is 654 g/mol. The average Bonchev–Trinajstić information content (AvgIpc) is 3.36. The molecule has 0 aliphatic carbocycles. The summed E-state index contributed by atoms with van der Waals surface area (Å²) in [4.78, 5) is 0. The van der Waals surface area contributed by atoms with E-state index in [0.717, 1.165) is 16.3 Å². The molecule has 0 radical (unpaired) electrons. The lowest BCUT2D eigenvalue weighted by atomic mass is 9.84. The van der Waals surface area contributed by atoms with Crippen molar-refractivity contribution in [2.75, 3.05) is 0 Å². The molecule has 0 saturated heterocycles. The van der Waals surface area contributed by atoms with Crippen LogP contribution in [0.25, 0.3) is 98.4 Å². The molecule has 0 aliphatic heterocycles. The third-order valence-corrected chi connectivity index (χ3v) is 8.77. The van der Waals surface area contributed by atoms with E-state index in [1.165, 1.54) is 0 Å². The zero-order valence-electron chi connectivity index (χ0n) is 46.9. The van der Waals surface area contributed by atoms with Crippen molar-refractivity contribution < 1.29 is 28.8 Å². The van der Waals surface area contributed by atoms with E-state index in [-0.39, 0.29) is 21.9 Å². The minimum atomic E-state index is -0.894. The Hall–Kier alpha value is -6.50. The summed E-state index contributed by atoms with van der Waals surface area (Å²) in [5.74, 6) is 0. The van der Waals surface area contributed by atoms with Crippen LogP contribution in [0.1, 0.15) is 28.8 Å². The fourth-order valence-corrected chi connectivity index (χ4v) is 6.49. The molecule has 10 aromatic rings. The summed E-state index contributed by atoms with van der Waals surface area (Å²) in [5, 5.41) is -1.71. The molecule has 0 fully saturated rings. The molecular weight excluding hydrogens is 601 g/mol. The van der Waals surface area contributed by atoms with Crippen molar-refractivity contribution in [3.63, 3.8) is 0 Å². The Morgan fingerprint density at radius 2 is 0.800 bits per heavy atom. The van der Waals surface area contributed by atoms with E-state index in [9.17, 15) is 12.3 Å². The van der Waals surface area contributed by atoms with E-state index in [1.54, 1.807) is 24.3 Å². The molecule has 0 aliphatic rings. The van der Waals surface area contributed by atoms with Crippen molar-refractivity contribution in [2.24, 2.45) is 0 Å². The van der Waals surface area contributed by atoms with E-state index in [2.05, 4.69) is 0 Å². The molecule has 0 unspecified atom stereocenters. The van der Waals surface area contributed by atoms with Gasteiger partial charge in [-0.3, -0.25) is 0 Å². The van der Waals surface area contributed by atoms with Crippen molar-refractivity contribution in [3.8, 4) is 44.5 Å². The molecule has 0 aromatic heterocycles. The third kappa shape index (κ3) is 4.69. The first-order valence-corrected chi connectivity index (χ1v) is 15.6. The Morgan fingerprint density at radius 3 is 1.54 bits per heavy atom. The largest absolute Gasteiger partial charge is 0.0636 e. The fourth-order valence-electron chi connectivity index (χ4n) is 6.49. The van der Waals surface area contributed by atoms with E-state index in [0.29, 0.717) is 5.56 Å². The lowest BCUT2D eigenvalue weighted by Crippen LogP contribution is -1.92. The van der Waals surface area contributed by atoms with Gasteiger partial charge in [0.15, 0.2) is 0 Å². The quantitative estimate of drug-likeness (QED) is 0.166. The number of rotatable bonds is 4. The monoisotopic (exact) mass is 653 g/mol. The first-order valence-electron chi connectivity index (χ1n) is 26.1. The summed E-state index contributed by atoms with van der Waals surface area (Å²) in [6.45, 7) is 0. The van der Waals surface area contributed by atoms with Crippen LogP contribution in [-0.2, 0) is 0 Å². The lowest BCUT2D eigenvalue weighted by Gasteiger charge is -2.19. The SMILES string of the molecule is [2H]c1c([2H])c([2H])c2c([2H])c(-c3c([2H])c([2H])c4c(-c5c([2H])c([2H])c6c([2H])c([2H])c([2H])c([2H])c6c5[2H])c5c([2H])c([2H])c([2H])c([2H])c5c(-c5ccc(-c6cccc7ccccc67)cc5)c4c3[2H])c([2H])c([2H])c2c1[2H]. The number of hydrogen-bond donors (Lipinski definition) is 0. The second-order valence-corrected chi connectivity index (χ2v) is 11.6. The van der Waals surface area contributed by atoms with Gasteiger partial charge in [-0.1, -0.05) is 175 Å². The van der Waals surface area contributed by atoms with Crippen LogP contribution in [0.4, 0.5) is 0 Å². The minimum Gasteiger partial charge on any atom is -0.0616 e. The summed E-state index contributed by atoms with van der Waals surface area (Å²) in [6, 6.07) is 3.86. The van der Waals surface area contributed by atoms with Gasteiger partial charge in [0.05, 0.1) is 28.8 Å². The van der Waals surface area contributed by atoms with Crippen molar-refractivity contribution in [1.82, 2.24) is 0 Å². The van der Waals surface area contributed by atoms with E-state index >= 15 is 0 Å². The smallest absolute Gasteiger partial charge is 0.0616 e. The van der Waals surface area contributed by atoms with E-state index in [4.69, 9.17) is 16.4 Å². The molecule has 10 rings (SSSR count). The van der Waals surface area contributed by atoms with Crippen LogP contribution >= 0.6 is 0 Å². The van der Waals surface area contributed by atoms with Crippen molar-refractivity contribution in [3.05, 3.63) is 194 Å². The third-order valence-electron chi connectivity index (χ3n) is 8.77. The van der Waals surface area contributed by atoms with Gasteiger partial charge in [0.25, 0.3) is 0 Å².